The maximum Gasteiger partial charge on any atom is 0.261 e. The van der Waals surface area contributed by atoms with Gasteiger partial charge >= 0.3 is 0 Å². The molecule has 0 fully saturated rings. The molecular weight excluding hydrogens is 400 g/mol. The third-order valence-corrected chi connectivity index (χ3v) is 5.74. The molecule has 2 amide bonds. The molecule has 2 aromatic rings. The van der Waals surface area contributed by atoms with Crippen LogP contribution in [0.5, 0.6) is 5.75 Å². The summed E-state index contributed by atoms with van der Waals surface area (Å²) in [4.78, 5) is 27.4. The highest BCUT2D eigenvalue weighted by atomic mass is 16.5. The molecule has 1 aliphatic rings. The number of rotatable bonds is 8. The minimum atomic E-state index is -0.631. The molecule has 0 aromatic heterocycles. The predicted octanol–water partition coefficient (Wildman–Crippen LogP) is 4.58. The van der Waals surface area contributed by atoms with Crippen LogP contribution in [-0.4, -0.2) is 35.9 Å². The third kappa shape index (κ3) is 5.58. The second-order valence-electron chi connectivity index (χ2n) is 8.90. The summed E-state index contributed by atoms with van der Waals surface area (Å²) in [6, 6.07) is 14.2. The van der Waals surface area contributed by atoms with Gasteiger partial charge in [-0.1, -0.05) is 55.8 Å². The Morgan fingerprint density at radius 2 is 1.91 bits per heavy atom. The molecule has 2 aromatic carbocycles. The normalized spacial score (nSPS) is 16.3. The van der Waals surface area contributed by atoms with Gasteiger partial charge in [-0.3, -0.25) is 9.59 Å². The van der Waals surface area contributed by atoms with E-state index in [2.05, 4.69) is 63.0 Å². The van der Waals surface area contributed by atoms with Gasteiger partial charge in [0.15, 0.2) is 6.10 Å². The van der Waals surface area contributed by atoms with Crippen molar-refractivity contribution < 1.29 is 14.3 Å². The highest BCUT2D eigenvalue weighted by molar-refractivity contribution is 5.81. The lowest BCUT2D eigenvalue weighted by Crippen LogP contribution is -2.41. The van der Waals surface area contributed by atoms with Gasteiger partial charge in [-0.25, -0.2) is 0 Å². The van der Waals surface area contributed by atoms with E-state index in [1.54, 1.807) is 13.0 Å². The van der Waals surface area contributed by atoms with Gasteiger partial charge in [0.2, 0.25) is 5.91 Å². The molecule has 0 bridgehead atoms. The number of hydrogen-bond donors (Lipinski definition) is 1. The molecule has 3 rings (SSSR count). The van der Waals surface area contributed by atoms with Crippen LogP contribution >= 0.6 is 0 Å². The lowest BCUT2D eigenvalue weighted by Gasteiger charge is -2.38. The first-order valence-corrected chi connectivity index (χ1v) is 11.3. The zero-order valence-corrected chi connectivity index (χ0v) is 19.6. The van der Waals surface area contributed by atoms with Crippen molar-refractivity contribution in [2.75, 3.05) is 13.1 Å². The van der Waals surface area contributed by atoms with E-state index < -0.39 is 6.10 Å². The lowest BCUT2D eigenvalue weighted by molar-refractivity contribution is -0.134. The number of nitrogens with one attached hydrogen (secondary N) is 1. The van der Waals surface area contributed by atoms with Crippen LogP contribution in [0.25, 0.3) is 0 Å². The van der Waals surface area contributed by atoms with E-state index >= 15 is 0 Å². The second-order valence-corrected chi connectivity index (χ2v) is 8.90. The molecule has 5 heteroatoms. The van der Waals surface area contributed by atoms with Crippen LogP contribution in [0.2, 0.25) is 0 Å². The molecule has 0 saturated heterocycles. The fourth-order valence-electron chi connectivity index (χ4n) is 4.08. The summed E-state index contributed by atoms with van der Waals surface area (Å²) >= 11 is 0. The summed E-state index contributed by atoms with van der Waals surface area (Å²) < 4.78 is 5.95. The van der Waals surface area contributed by atoms with Gasteiger partial charge in [0.25, 0.3) is 5.91 Å². The van der Waals surface area contributed by atoms with E-state index in [1.807, 2.05) is 17.0 Å². The van der Waals surface area contributed by atoms with Gasteiger partial charge in [0.05, 0.1) is 6.04 Å². The Hall–Kier alpha value is -3.08. The van der Waals surface area contributed by atoms with E-state index in [0.29, 0.717) is 31.2 Å². The van der Waals surface area contributed by atoms with Crippen LogP contribution in [0.15, 0.2) is 55.1 Å². The summed E-state index contributed by atoms with van der Waals surface area (Å²) in [5, 5.41) is 2.76. The standard InChI is InChI=1S/C27H34N2O3/c1-6-14-28-27(31)20(5)32-23-12-11-21-13-15-29(25(30)16-18(2)3)26(24(21)17-23)22-9-7-19(4)8-10-22/h6-12,17-18,20,26H,1,13-16H2,2-5H3,(H,28,31). The minimum absolute atomic E-state index is 0.166. The first-order chi connectivity index (χ1) is 15.3. The zero-order valence-electron chi connectivity index (χ0n) is 19.6. The van der Waals surface area contributed by atoms with Gasteiger partial charge in [-0.2, -0.15) is 0 Å². The second kappa shape index (κ2) is 10.5. The fourth-order valence-corrected chi connectivity index (χ4v) is 4.08. The van der Waals surface area contributed by atoms with Gasteiger partial charge in [0, 0.05) is 19.5 Å². The Morgan fingerprint density at radius 1 is 1.19 bits per heavy atom. The number of nitrogens with zero attached hydrogens (tertiary/aromatic N) is 1. The topological polar surface area (TPSA) is 58.6 Å². The highest BCUT2D eigenvalue weighted by Gasteiger charge is 2.32. The smallest absolute Gasteiger partial charge is 0.261 e. The van der Waals surface area contributed by atoms with Gasteiger partial charge in [0.1, 0.15) is 5.75 Å². The monoisotopic (exact) mass is 434 g/mol. The number of benzene rings is 2. The van der Waals surface area contributed by atoms with Crippen LogP contribution < -0.4 is 10.1 Å². The summed E-state index contributed by atoms with van der Waals surface area (Å²) in [5.41, 5.74) is 4.54. The Bertz CT molecular complexity index is 965. The van der Waals surface area contributed by atoms with Crippen LogP contribution in [0, 0.1) is 12.8 Å². The van der Waals surface area contributed by atoms with E-state index in [-0.39, 0.29) is 17.9 Å². The van der Waals surface area contributed by atoms with Crippen molar-refractivity contribution in [1.29, 1.82) is 0 Å². The molecule has 32 heavy (non-hydrogen) atoms. The van der Waals surface area contributed by atoms with Crippen molar-refractivity contribution in [2.24, 2.45) is 5.92 Å². The minimum Gasteiger partial charge on any atom is -0.481 e. The SMILES string of the molecule is C=CCNC(=O)C(C)Oc1ccc2c(c1)C(c1ccc(C)cc1)N(C(=O)CC(C)C)CC2. The van der Waals surface area contributed by atoms with E-state index in [9.17, 15) is 9.59 Å². The van der Waals surface area contributed by atoms with Crippen molar-refractivity contribution in [3.05, 3.63) is 77.4 Å². The maximum atomic E-state index is 13.2. The van der Waals surface area contributed by atoms with Crippen LogP contribution in [0.3, 0.4) is 0 Å². The number of aryl methyl sites for hydroxylation is 1. The summed E-state index contributed by atoms with van der Waals surface area (Å²) in [5.74, 6) is 0.901. The Labute approximate surface area is 191 Å². The number of ether oxygens (including phenoxy) is 1. The Morgan fingerprint density at radius 3 is 2.56 bits per heavy atom. The van der Waals surface area contributed by atoms with Gasteiger partial charge in [-0.05, 0) is 55.0 Å². The molecule has 1 heterocycles. The molecular formula is C27H34N2O3. The maximum absolute atomic E-state index is 13.2. The number of hydrogen-bond acceptors (Lipinski definition) is 3. The summed E-state index contributed by atoms with van der Waals surface area (Å²) in [6.45, 7) is 12.6. The van der Waals surface area contributed by atoms with E-state index in [1.165, 1.54) is 11.1 Å². The molecule has 2 unspecified atom stereocenters. The molecule has 1 N–H and O–H groups in total. The van der Waals surface area contributed by atoms with Gasteiger partial charge < -0.3 is 15.0 Å². The lowest BCUT2D eigenvalue weighted by atomic mass is 9.87. The number of amides is 2. The average molecular weight is 435 g/mol. The largest absolute Gasteiger partial charge is 0.481 e. The van der Waals surface area contributed by atoms with E-state index in [4.69, 9.17) is 4.74 Å². The molecule has 170 valence electrons. The molecule has 0 radical (unpaired) electrons. The van der Waals surface area contributed by atoms with Crippen LogP contribution in [-0.2, 0) is 16.0 Å². The van der Waals surface area contributed by atoms with Crippen LogP contribution in [0.4, 0.5) is 0 Å². The molecule has 0 aliphatic carbocycles. The predicted molar refractivity (Wildman–Crippen MR) is 128 cm³/mol. The molecule has 5 nitrogen and oxygen atoms in total. The molecule has 1 aliphatic heterocycles. The number of carbonyl (C=O) groups is 2. The van der Waals surface area contributed by atoms with Crippen molar-refractivity contribution >= 4 is 11.8 Å². The van der Waals surface area contributed by atoms with Crippen molar-refractivity contribution in [3.63, 3.8) is 0 Å². The van der Waals surface area contributed by atoms with Crippen LogP contribution in [0.1, 0.15) is 55.5 Å². The number of carbonyl (C=O) groups excluding carboxylic acids is 2. The fraction of sp³-hybridized carbons (Fsp3) is 0.407. The first kappa shape index (κ1) is 23.6. The Balaban J connectivity index is 1.95. The zero-order chi connectivity index (χ0) is 23.3. The Kier molecular flexibility index (Phi) is 7.73. The van der Waals surface area contributed by atoms with Crippen molar-refractivity contribution in [2.45, 2.75) is 52.7 Å². The molecule has 2 atom stereocenters. The quantitative estimate of drug-likeness (QED) is 0.619. The number of fused-ring (bicyclic) bond motifs is 1. The van der Waals surface area contributed by atoms with Crippen molar-refractivity contribution in [3.8, 4) is 5.75 Å². The average Bonchev–Trinajstić information content (AvgIpc) is 2.76. The van der Waals surface area contributed by atoms with Crippen molar-refractivity contribution in [1.82, 2.24) is 10.2 Å². The van der Waals surface area contributed by atoms with Gasteiger partial charge in [-0.15, -0.1) is 6.58 Å². The van der Waals surface area contributed by atoms with E-state index in [0.717, 1.165) is 17.5 Å². The highest BCUT2D eigenvalue weighted by Crippen LogP contribution is 2.38. The first-order valence-electron chi connectivity index (χ1n) is 11.3. The third-order valence-electron chi connectivity index (χ3n) is 5.74. The molecule has 0 saturated carbocycles. The summed E-state index contributed by atoms with van der Waals surface area (Å²) in [7, 11) is 0. The molecule has 0 spiro atoms. The summed E-state index contributed by atoms with van der Waals surface area (Å²) in [6.07, 6.45) is 2.33.